The van der Waals surface area contributed by atoms with Gasteiger partial charge in [0.25, 0.3) is 5.91 Å². The predicted octanol–water partition coefficient (Wildman–Crippen LogP) is 4.94. The topological polar surface area (TPSA) is 96.9 Å². The van der Waals surface area contributed by atoms with Gasteiger partial charge in [-0.3, -0.25) is 9.89 Å². The lowest BCUT2D eigenvalue weighted by Gasteiger charge is -2.27. The van der Waals surface area contributed by atoms with E-state index < -0.39 is 6.04 Å². The number of nitrogens with zero attached hydrogens (tertiary/aromatic N) is 2. The molecule has 8 nitrogen and oxygen atoms in total. The number of hydrogen-bond acceptors (Lipinski definition) is 6. The molecule has 8 heteroatoms. The van der Waals surface area contributed by atoms with E-state index in [4.69, 9.17) is 14.2 Å². The van der Waals surface area contributed by atoms with Crippen molar-refractivity contribution in [2.24, 2.45) is 0 Å². The maximum absolute atomic E-state index is 13.5. The van der Waals surface area contributed by atoms with Crippen LogP contribution in [0.5, 0.6) is 17.2 Å². The largest absolute Gasteiger partial charge is 0.507 e. The number of phenols is 1. The van der Waals surface area contributed by atoms with Crippen LogP contribution in [0.2, 0.25) is 0 Å². The summed E-state index contributed by atoms with van der Waals surface area (Å²) in [7, 11) is 0. The van der Waals surface area contributed by atoms with Crippen molar-refractivity contribution in [1.29, 1.82) is 0 Å². The van der Waals surface area contributed by atoms with Crippen LogP contribution in [-0.4, -0.2) is 58.6 Å². The average molecular weight is 480 g/mol. The van der Waals surface area contributed by atoms with Gasteiger partial charge in [-0.15, -0.1) is 0 Å². The minimum atomic E-state index is -0.403. The first kappa shape index (κ1) is 24.6. The summed E-state index contributed by atoms with van der Waals surface area (Å²) < 4.78 is 17.3. The highest BCUT2D eigenvalue weighted by Gasteiger charge is 2.42. The second-order valence-electron chi connectivity index (χ2n) is 8.62. The molecule has 0 bridgehead atoms. The Hall–Kier alpha value is -3.52. The summed E-state index contributed by atoms with van der Waals surface area (Å²) in [6, 6.07) is 12.4. The highest BCUT2D eigenvalue weighted by molar-refractivity contribution is 6.00. The molecule has 1 aliphatic rings. The number of para-hydroxylation sites is 1. The van der Waals surface area contributed by atoms with Gasteiger partial charge < -0.3 is 24.2 Å². The van der Waals surface area contributed by atoms with Crippen LogP contribution >= 0.6 is 0 Å². The summed E-state index contributed by atoms with van der Waals surface area (Å²) in [5.74, 6) is 1.27. The number of ether oxygens (including phenoxy) is 3. The molecule has 1 amide bonds. The van der Waals surface area contributed by atoms with E-state index in [0.717, 1.165) is 11.1 Å². The van der Waals surface area contributed by atoms with Crippen LogP contribution in [0, 0.1) is 0 Å². The first-order valence-electron chi connectivity index (χ1n) is 12.1. The summed E-state index contributed by atoms with van der Waals surface area (Å²) in [5.41, 5.74) is 3.19. The number of phenolic OH excluding ortho intramolecular Hbond substituents is 1. The molecule has 186 valence electrons. The Labute approximate surface area is 205 Å². The van der Waals surface area contributed by atoms with Gasteiger partial charge >= 0.3 is 0 Å². The van der Waals surface area contributed by atoms with Crippen molar-refractivity contribution < 1.29 is 24.1 Å². The normalized spacial score (nSPS) is 15.1. The molecule has 4 rings (SSSR count). The summed E-state index contributed by atoms with van der Waals surface area (Å²) in [6.07, 6.45) is 0.823. The molecule has 0 spiro atoms. The summed E-state index contributed by atoms with van der Waals surface area (Å²) in [4.78, 5) is 15.3. The molecule has 0 fully saturated rings. The SMILES string of the molecule is CCOc1ccc(C2c3c(-c4ccccc4O)n[nH]c3C(=O)N2CCCOC(C)C)cc1OCC. The van der Waals surface area contributed by atoms with Crippen molar-refractivity contribution in [2.75, 3.05) is 26.4 Å². The Bertz CT molecular complexity index is 1170. The highest BCUT2D eigenvalue weighted by atomic mass is 16.5. The maximum atomic E-state index is 13.5. The summed E-state index contributed by atoms with van der Waals surface area (Å²) >= 11 is 0. The third kappa shape index (κ3) is 4.98. The number of aromatic amines is 1. The molecule has 35 heavy (non-hydrogen) atoms. The zero-order valence-electron chi connectivity index (χ0n) is 20.7. The number of rotatable bonds is 11. The van der Waals surface area contributed by atoms with Crippen molar-refractivity contribution in [3.05, 3.63) is 59.3 Å². The molecule has 1 atom stereocenters. The van der Waals surface area contributed by atoms with Crippen molar-refractivity contribution in [2.45, 2.75) is 46.3 Å². The van der Waals surface area contributed by atoms with Crippen molar-refractivity contribution in [3.63, 3.8) is 0 Å². The van der Waals surface area contributed by atoms with Gasteiger partial charge in [0.1, 0.15) is 17.1 Å². The van der Waals surface area contributed by atoms with Gasteiger partial charge in [0.2, 0.25) is 0 Å². The van der Waals surface area contributed by atoms with Crippen LogP contribution in [-0.2, 0) is 4.74 Å². The molecule has 1 aliphatic heterocycles. The number of aromatic nitrogens is 2. The molecule has 0 saturated heterocycles. The molecular formula is C27H33N3O5. The lowest BCUT2D eigenvalue weighted by atomic mass is 9.95. The molecule has 3 aromatic rings. The van der Waals surface area contributed by atoms with E-state index in [1.807, 2.05) is 56.9 Å². The fourth-order valence-electron chi connectivity index (χ4n) is 4.44. The Kier molecular flexibility index (Phi) is 7.60. The Morgan fingerprint density at radius 2 is 1.83 bits per heavy atom. The monoisotopic (exact) mass is 479 g/mol. The quantitative estimate of drug-likeness (QED) is 0.378. The lowest BCUT2D eigenvalue weighted by Crippen LogP contribution is -2.31. The standard InChI is InChI=1S/C27H33N3O5/c1-5-33-21-13-12-18(16-22(21)34-6-2)26-23-24(19-10-7-8-11-20(19)31)28-29-25(23)27(32)30(26)14-9-15-35-17(3)4/h7-8,10-13,16-17,26,31H,5-6,9,14-15H2,1-4H3,(H,28,29). The van der Waals surface area contributed by atoms with E-state index in [1.54, 1.807) is 18.2 Å². The van der Waals surface area contributed by atoms with Gasteiger partial charge in [-0.05, 0) is 63.9 Å². The van der Waals surface area contributed by atoms with E-state index in [2.05, 4.69) is 10.2 Å². The van der Waals surface area contributed by atoms with Gasteiger partial charge in [-0.2, -0.15) is 5.10 Å². The number of benzene rings is 2. The number of aromatic hydroxyl groups is 1. The number of fused-ring (bicyclic) bond motifs is 1. The van der Waals surface area contributed by atoms with E-state index in [-0.39, 0.29) is 17.8 Å². The third-order valence-electron chi connectivity index (χ3n) is 5.90. The predicted molar refractivity (Wildman–Crippen MR) is 133 cm³/mol. The molecule has 1 aromatic heterocycles. The van der Waals surface area contributed by atoms with Gasteiger partial charge in [0.05, 0.1) is 25.4 Å². The van der Waals surface area contributed by atoms with E-state index in [9.17, 15) is 9.90 Å². The van der Waals surface area contributed by atoms with Crippen LogP contribution in [0.25, 0.3) is 11.3 Å². The second-order valence-corrected chi connectivity index (χ2v) is 8.62. The number of amides is 1. The molecular weight excluding hydrogens is 446 g/mol. The highest BCUT2D eigenvalue weighted by Crippen LogP contribution is 2.45. The smallest absolute Gasteiger partial charge is 0.273 e. The Morgan fingerprint density at radius 3 is 2.54 bits per heavy atom. The van der Waals surface area contributed by atoms with Gasteiger partial charge in [0.15, 0.2) is 11.5 Å². The number of carbonyl (C=O) groups excluding carboxylic acids is 1. The van der Waals surface area contributed by atoms with Crippen LogP contribution < -0.4 is 9.47 Å². The van der Waals surface area contributed by atoms with Gasteiger partial charge in [-0.25, -0.2) is 0 Å². The Morgan fingerprint density at radius 1 is 1.09 bits per heavy atom. The molecule has 0 saturated carbocycles. The zero-order valence-corrected chi connectivity index (χ0v) is 20.7. The fourth-order valence-corrected chi connectivity index (χ4v) is 4.44. The van der Waals surface area contributed by atoms with Crippen LogP contribution in [0.15, 0.2) is 42.5 Å². The summed E-state index contributed by atoms with van der Waals surface area (Å²) in [6.45, 7) is 9.91. The van der Waals surface area contributed by atoms with Gasteiger partial charge in [-0.1, -0.05) is 18.2 Å². The number of hydrogen-bond donors (Lipinski definition) is 2. The van der Waals surface area contributed by atoms with E-state index in [0.29, 0.717) is 61.2 Å². The average Bonchev–Trinajstić information content (AvgIpc) is 3.37. The Balaban J connectivity index is 1.79. The number of H-pyrrole nitrogens is 1. The molecule has 1 unspecified atom stereocenters. The second kappa shape index (κ2) is 10.8. The number of carbonyl (C=O) groups is 1. The number of nitrogens with one attached hydrogen (secondary N) is 1. The molecule has 0 aliphatic carbocycles. The van der Waals surface area contributed by atoms with Crippen LogP contribution in [0.3, 0.4) is 0 Å². The molecule has 2 aromatic carbocycles. The molecule has 0 radical (unpaired) electrons. The third-order valence-corrected chi connectivity index (χ3v) is 5.90. The first-order chi connectivity index (χ1) is 17.0. The maximum Gasteiger partial charge on any atom is 0.273 e. The van der Waals surface area contributed by atoms with Crippen molar-refractivity contribution in [1.82, 2.24) is 15.1 Å². The van der Waals surface area contributed by atoms with Crippen LogP contribution in [0.4, 0.5) is 0 Å². The first-order valence-corrected chi connectivity index (χ1v) is 12.1. The fraction of sp³-hybridized carbons (Fsp3) is 0.407. The lowest BCUT2D eigenvalue weighted by molar-refractivity contribution is 0.0601. The van der Waals surface area contributed by atoms with Crippen LogP contribution in [0.1, 0.15) is 61.8 Å². The minimum absolute atomic E-state index is 0.110. The van der Waals surface area contributed by atoms with Crippen molar-refractivity contribution in [3.8, 4) is 28.5 Å². The minimum Gasteiger partial charge on any atom is -0.507 e. The molecule has 2 heterocycles. The van der Waals surface area contributed by atoms with Crippen molar-refractivity contribution >= 4 is 5.91 Å². The summed E-state index contributed by atoms with van der Waals surface area (Å²) in [5, 5.41) is 17.9. The van der Waals surface area contributed by atoms with Gasteiger partial charge in [0, 0.05) is 24.3 Å². The molecule has 2 N–H and O–H groups in total. The van der Waals surface area contributed by atoms with E-state index in [1.165, 1.54) is 0 Å². The van der Waals surface area contributed by atoms with E-state index >= 15 is 0 Å². The zero-order chi connectivity index (χ0) is 24.9.